The molecule has 3 heteroatoms. The van der Waals surface area contributed by atoms with E-state index in [4.69, 9.17) is 0 Å². The van der Waals surface area contributed by atoms with Crippen molar-refractivity contribution in [3.63, 3.8) is 0 Å². The Hall–Kier alpha value is -2.18. The van der Waals surface area contributed by atoms with Crippen molar-refractivity contribution in [2.75, 3.05) is 0 Å². The topological polar surface area (TPSA) is 0 Å². The molecule has 4 aromatic carbocycles. The second kappa shape index (κ2) is 15.4. The molecule has 8 rings (SSSR count). The Kier molecular flexibility index (Phi) is 11.8. The number of benzene rings is 4. The van der Waals surface area contributed by atoms with Crippen molar-refractivity contribution in [1.82, 2.24) is 0 Å². The molecule has 4 atom stereocenters. The molecule has 1 heterocycles. The fourth-order valence-corrected chi connectivity index (χ4v) is 34.3. The molecule has 278 valence electrons. The fraction of sp³-hybridized carbons (Fsp3) is 0.440. The predicted molar refractivity (Wildman–Crippen MR) is 218 cm³/mol. The number of halogens is 2. The maximum Gasteiger partial charge on any atom is -1.00 e. The molecule has 4 aromatic rings. The second-order valence-corrected chi connectivity index (χ2v) is 30.0. The van der Waals surface area contributed by atoms with Crippen LogP contribution < -0.4 is 24.8 Å². The van der Waals surface area contributed by atoms with E-state index < -0.39 is 20.3 Å². The molecule has 0 aromatic heterocycles. The van der Waals surface area contributed by atoms with Gasteiger partial charge in [0.05, 0.1) is 0 Å². The van der Waals surface area contributed by atoms with Gasteiger partial charge in [-0.1, -0.05) is 0 Å². The zero-order chi connectivity index (χ0) is 35.7. The molecule has 4 unspecified atom stereocenters. The van der Waals surface area contributed by atoms with Gasteiger partial charge in [-0.15, -0.1) is 0 Å². The molecular formula is C50H60Cl2Zr. The third-order valence-electron chi connectivity index (χ3n) is 13.4. The standard InChI is InChI=1S/2C22H25.C6H10.2ClH.Zr/c2*1-5-7-16-14-18-8-6-9-20(21(18)15-16)17-10-12-19(13-11-17)22(2,3)4;1-2-4-6-5-3-1;;;/h2*6,8-15H,5,7H2,1-4H3;1-2H,3-6H2;2*1H;/q;;;;;+2/p-2. The Bertz CT molecular complexity index is 1850. The van der Waals surface area contributed by atoms with Crippen molar-refractivity contribution >= 4 is 12.2 Å². The number of rotatable bonds is 8. The first-order valence-corrected chi connectivity index (χ1v) is 26.0. The summed E-state index contributed by atoms with van der Waals surface area (Å²) in [6, 6.07) is 33.9. The van der Waals surface area contributed by atoms with Gasteiger partial charge in [0, 0.05) is 0 Å². The summed E-state index contributed by atoms with van der Waals surface area (Å²) in [5, 5.41) is 0. The van der Waals surface area contributed by atoms with E-state index in [1.807, 2.05) is 0 Å². The number of hydrogen-bond acceptors (Lipinski definition) is 0. The minimum absolute atomic E-state index is 0. The van der Waals surface area contributed by atoms with Crippen LogP contribution in [0.3, 0.4) is 0 Å². The summed E-state index contributed by atoms with van der Waals surface area (Å²) < 4.78 is 3.40. The smallest absolute Gasteiger partial charge is 1.00 e. The molecule has 4 aliphatic rings. The SMILES string of the molecule is CCCC1=Cc2c(-c3ccc(C(C)(C)C)cc3)cccc2[CH]1[Zr+2]1([CH]2C(CCC)=Cc3c(-c4ccc(C(C)(C)C)cc4)cccc32)[CH]2CCCC[CH]21.[Cl-].[Cl-]. The molecular weight excluding hydrogens is 763 g/mol. The van der Waals surface area contributed by atoms with Crippen LogP contribution in [0.15, 0.2) is 96.1 Å². The van der Waals surface area contributed by atoms with Crippen molar-refractivity contribution < 1.29 is 45.1 Å². The number of hydrogen-bond donors (Lipinski definition) is 0. The molecule has 0 N–H and O–H groups in total. The summed E-state index contributed by atoms with van der Waals surface area (Å²) in [7, 11) is 0. The van der Waals surface area contributed by atoms with Crippen molar-refractivity contribution in [1.29, 1.82) is 0 Å². The van der Waals surface area contributed by atoms with Gasteiger partial charge in [-0.3, -0.25) is 0 Å². The van der Waals surface area contributed by atoms with Crippen LogP contribution in [-0.2, 0) is 31.1 Å². The van der Waals surface area contributed by atoms with Crippen LogP contribution in [-0.4, -0.2) is 0 Å². The average molecular weight is 823 g/mol. The van der Waals surface area contributed by atoms with Crippen LogP contribution in [0, 0.1) is 0 Å². The molecule has 0 bridgehead atoms. The van der Waals surface area contributed by atoms with Gasteiger partial charge >= 0.3 is 316 Å². The third-order valence-corrected chi connectivity index (χ3v) is 30.5. The number of fused-ring (bicyclic) bond motifs is 3. The zero-order valence-corrected chi connectivity index (χ0v) is 37.4. The van der Waals surface area contributed by atoms with Gasteiger partial charge in [0.15, 0.2) is 0 Å². The van der Waals surface area contributed by atoms with Gasteiger partial charge in [-0.05, 0) is 0 Å². The molecule has 1 saturated heterocycles. The zero-order valence-electron chi connectivity index (χ0n) is 33.5. The van der Waals surface area contributed by atoms with Crippen LogP contribution in [0.2, 0.25) is 7.25 Å². The normalized spacial score (nSPS) is 23.0. The first kappa shape index (κ1) is 40.5. The molecule has 53 heavy (non-hydrogen) atoms. The first-order chi connectivity index (χ1) is 24.5. The Labute approximate surface area is 338 Å². The summed E-state index contributed by atoms with van der Waals surface area (Å²) in [5.74, 6) is 0. The molecule has 1 aliphatic heterocycles. The van der Waals surface area contributed by atoms with Crippen molar-refractivity contribution in [3.05, 3.63) is 129 Å². The van der Waals surface area contributed by atoms with Gasteiger partial charge < -0.3 is 24.8 Å². The Morgan fingerprint density at radius 2 is 0.906 bits per heavy atom. The van der Waals surface area contributed by atoms with Crippen molar-refractivity contribution in [3.8, 4) is 22.3 Å². The maximum atomic E-state index is 2.73. The van der Waals surface area contributed by atoms with E-state index in [1.165, 1.54) is 84.7 Å². The Balaban J connectivity index is 0.00000240. The summed E-state index contributed by atoms with van der Waals surface area (Å²) in [6.45, 7) is 18.8. The molecule has 1 saturated carbocycles. The van der Waals surface area contributed by atoms with Gasteiger partial charge in [-0.2, -0.15) is 0 Å². The fourth-order valence-electron chi connectivity index (χ4n) is 11.2. The van der Waals surface area contributed by atoms with E-state index in [1.54, 1.807) is 33.4 Å². The summed E-state index contributed by atoms with van der Waals surface area (Å²) >= 11 is -3.06. The van der Waals surface area contributed by atoms with E-state index in [0.717, 1.165) is 7.25 Å². The minimum Gasteiger partial charge on any atom is -1.00 e. The summed E-state index contributed by atoms with van der Waals surface area (Å²) in [6.07, 6.45) is 16.3. The third kappa shape index (κ3) is 6.87. The van der Waals surface area contributed by atoms with Crippen molar-refractivity contribution in [2.45, 2.75) is 132 Å². The minimum atomic E-state index is -3.06. The average Bonchev–Trinajstić information content (AvgIpc) is 3.38. The summed E-state index contributed by atoms with van der Waals surface area (Å²) in [4.78, 5) is 0. The summed E-state index contributed by atoms with van der Waals surface area (Å²) in [5.41, 5.74) is 18.9. The Morgan fingerprint density at radius 1 is 0.528 bits per heavy atom. The van der Waals surface area contributed by atoms with Crippen LogP contribution in [0.25, 0.3) is 34.4 Å². The second-order valence-electron chi connectivity index (χ2n) is 18.6. The molecule has 3 aliphatic carbocycles. The Morgan fingerprint density at radius 3 is 1.25 bits per heavy atom. The maximum absolute atomic E-state index is 3.06. The van der Waals surface area contributed by atoms with Gasteiger partial charge in [0.2, 0.25) is 0 Å². The molecule has 0 radical (unpaired) electrons. The molecule has 0 spiro atoms. The van der Waals surface area contributed by atoms with Crippen molar-refractivity contribution in [2.24, 2.45) is 0 Å². The first-order valence-electron chi connectivity index (χ1n) is 20.4. The largest absolute Gasteiger partial charge is 1.00 e. The molecule has 2 fully saturated rings. The predicted octanol–water partition coefficient (Wildman–Crippen LogP) is 9.12. The molecule has 0 nitrogen and oxygen atoms in total. The van der Waals surface area contributed by atoms with E-state index in [2.05, 4.69) is 152 Å². The van der Waals surface area contributed by atoms with E-state index in [0.29, 0.717) is 7.25 Å². The van der Waals surface area contributed by atoms with Gasteiger partial charge in [0.1, 0.15) is 0 Å². The van der Waals surface area contributed by atoms with Crippen LogP contribution >= 0.6 is 0 Å². The van der Waals surface area contributed by atoms with E-state index >= 15 is 0 Å². The van der Waals surface area contributed by atoms with Crippen LogP contribution in [0.5, 0.6) is 0 Å². The van der Waals surface area contributed by atoms with Crippen LogP contribution in [0.1, 0.15) is 147 Å². The monoisotopic (exact) mass is 820 g/mol. The van der Waals surface area contributed by atoms with E-state index in [9.17, 15) is 0 Å². The van der Waals surface area contributed by atoms with Gasteiger partial charge in [0.25, 0.3) is 0 Å². The molecule has 0 amide bonds. The van der Waals surface area contributed by atoms with Gasteiger partial charge in [-0.25, -0.2) is 0 Å². The van der Waals surface area contributed by atoms with Crippen LogP contribution in [0.4, 0.5) is 0 Å². The quantitative estimate of drug-likeness (QED) is 0.167. The number of allylic oxidation sites excluding steroid dienone is 2. The van der Waals surface area contributed by atoms with E-state index in [-0.39, 0.29) is 35.6 Å².